The fraction of sp³-hybridized carbons (Fsp3) is 0.833. The van der Waals surface area contributed by atoms with E-state index in [9.17, 15) is 9.59 Å². The first-order valence-corrected chi connectivity index (χ1v) is 6.08. The highest BCUT2D eigenvalue weighted by atomic mass is 16.4. The zero-order valence-electron chi connectivity index (χ0n) is 10.8. The van der Waals surface area contributed by atoms with Crippen molar-refractivity contribution in [2.45, 2.75) is 32.2 Å². The number of hydrogen-bond donors (Lipinski definition) is 1. The van der Waals surface area contributed by atoms with E-state index in [-0.39, 0.29) is 17.9 Å². The minimum Gasteiger partial charge on any atom is -0.481 e. The first kappa shape index (κ1) is 14.0. The molecule has 0 radical (unpaired) electrons. The van der Waals surface area contributed by atoms with E-state index in [4.69, 9.17) is 5.11 Å². The van der Waals surface area contributed by atoms with Crippen LogP contribution in [0.2, 0.25) is 0 Å². The third-order valence-corrected chi connectivity index (χ3v) is 3.32. The van der Waals surface area contributed by atoms with Crippen LogP contribution in [0.4, 0.5) is 0 Å². The summed E-state index contributed by atoms with van der Waals surface area (Å²) in [5, 5.41) is 8.95. The monoisotopic (exact) mass is 242 g/mol. The summed E-state index contributed by atoms with van der Waals surface area (Å²) in [6.07, 6.45) is 1.66. The SMILES string of the molecule is CC1CC(C(=O)O)CCN1C(=O)CCN(C)C. The average molecular weight is 242 g/mol. The molecule has 0 aromatic rings. The summed E-state index contributed by atoms with van der Waals surface area (Å²) in [4.78, 5) is 26.6. The first-order chi connectivity index (χ1) is 7.91. The molecule has 1 N–H and O–H groups in total. The predicted molar refractivity (Wildman–Crippen MR) is 64.7 cm³/mol. The molecule has 2 unspecified atom stereocenters. The molecule has 0 aromatic carbocycles. The quantitative estimate of drug-likeness (QED) is 0.786. The highest BCUT2D eigenvalue weighted by molar-refractivity contribution is 5.77. The largest absolute Gasteiger partial charge is 0.481 e. The standard InChI is InChI=1S/C12H22N2O3/c1-9-8-10(12(16)17)4-7-14(9)11(15)5-6-13(2)3/h9-10H,4-8H2,1-3H3,(H,16,17). The van der Waals surface area contributed by atoms with Crippen LogP contribution in [0.3, 0.4) is 0 Å². The number of carbonyl (C=O) groups excluding carboxylic acids is 1. The van der Waals surface area contributed by atoms with Crippen molar-refractivity contribution in [1.82, 2.24) is 9.80 Å². The van der Waals surface area contributed by atoms with Crippen LogP contribution >= 0.6 is 0 Å². The lowest BCUT2D eigenvalue weighted by molar-refractivity contribution is -0.147. The third kappa shape index (κ3) is 4.00. The van der Waals surface area contributed by atoms with E-state index in [1.165, 1.54) is 0 Å². The van der Waals surface area contributed by atoms with Crippen LogP contribution in [0.1, 0.15) is 26.2 Å². The molecule has 98 valence electrons. The zero-order valence-corrected chi connectivity index (χ0v) is 10.8. The zero-order chi connectivity index (χ0) is 13.0. The van der Waals surface area contributed by atoms with Gasteiger partial charge in [-0.1, -0.05) is 0 Å². The van der Waals surface area contributed by atoms with Gasteiger partial charge in [-0.2, -0.15) is 0 Å². The Hall–Kier alpha value is -1.10. The number of nitrogens with zero attached hydrogens (tertiary/aromatic N) is 2. The Morgan fingerprint density at radius 3 is 2.53 bits per heavy atom. The molecule has 0 saturated carbocycles. The van der Waals surface area contributed by atoms with Gasteiger partial charge in [0.2, 0.25) is 5.91 Å². The van der Waals surface area contributed by atoms with Gasteiger partial charge in [0, 0.05) is 25.6 Å². The number of hydrogen-bond acceptors (Lipinski definition) is 3. The summed E-state index contributed by atoms with van der Waals surface area (Å²) in [6, 6.07) is 0.0412. The summed E-state index contributed by atoms with van der Waals surface area (Å²) in [6.45, 7) is 3.25. The van der Waals surface area contributed by atoms with Gasteiger partial charge < -0.3 is 14.9 Å². The van der Waals surface area contributed by atoms with Gasteiger partial charge in [0.05, 0.1) is 5.92 Å². The molecule has 0 bridgehead atoms. The van der Waals surface area contributed by atoms with Gasteiger partial charge >= 0.3 is 5.97 Å². The fourth-order valence-electron chi connectivity index (χ4n) is 2.23. The van der Waals surface area contributed by atoms with E-state index in [0.29, 0.717) is 25.8 Å². The minimum absolute atomic E-state index is 0.0412. The topological polar surface area (TPSA) is 60.9 Å². The van der Waals surface area contributed by atoms with Crippen LogP contribution in [0.15, 0.2) is 0 Å². The highest BCUT2D eigenvalue weighted by Gasteiger charge is 2.31. The van der Waals surface area contributed by atoms with Crippen molar-refractivity contribution < 1.29 is 14.7 Å². The van der Waals surface area contributed by atoms with E-state index in [1.54, 1.807) is 0 Å². The van der Waals surface area contributed by atoms with Crippen LogP contribution in [0, 0.1) is 5.92 Å². The van der Waals surface area contributed by atoms with Gasteiger partial charge in [0.1, 0.15) is 0 Å². The normalized spacial score (nSPS) is 25.1. The van der Waals surface area contributed by atoms with E-state index in [0.717, 1.165) is 6.54 Å². The Kier molecular flexibility index (Phi) is 4.93. The maximum absolute atomic E-state index is 11.9. The van der Waals surface area contributed by atoms with E-state index < -0.39 is 5.97 Å². The van der Waals surface area contributed by atoms with Crippen LogP contribution in [0.5, 0.6) is 0 Å². The molecule has 17 heavy (non-hydrogen) atoms. The van der Waals surface area contributed by atoms with Crippen molar-refractivity contribution in [2.75, 3.05) is 27.2 Å². The molecule has 1 amide bonds. The van der Waals surface area contributed by atoms with Crippen molar-refractivity contribution in [3.8, 4) is 0 Å². The van der Waals surface area contributed by atoms with Gasteiger partial charge in [0.15, 0.2) is 0 Å². The summed E-state index contributed by atoms with van der Waals surface area (Å²) >= 11 is 0. The second-order valence-corrected chi connectivity index (χ2v) is 5.05. The van der Waals surface area contributed by atoms with Crippen molar-refractivity contribution in [2.24, 2.45) is 5.92 Å². The highest BCUT2D eigenvalue weighted by Crippen LogP contribution is 2.23. The smallest absolute Gasteiger partial charge is 0.306 e. The summed E-state index contributed by atoms with van der Waals surface area (Å²) in [7, 11) is 3.88. The van der Waals surface area contributed by atoms with Gasteiger partial charge in [0.25, 0.3) is 0 Å². The van der Waals surface area contributed by atoms with Gasteiger partial charge in [-0.3, -0.25) is 9.59 Å². The number of carboxylic acids is 1. The van der Waals surface area contributed by atoms with Crippen LogP contribution in [-0.2, 0) is 9.59 Å². The Labute approximate surface area is 102 Å². The summed E-state index contributed by atoms with van der Waals surface area (Å²) in [5.41, 5.74) is 0. The van der Waals surface area contributed by atoms with Crippen molar-refractivity contribution in [3.05, 3.63) is 0 Å². The molecule has 1 heterocycles. The van der Waals surface area contributed by atoms with Crippen LogP contribution in [-0.4, -0.2) is 60.0 Å². The van der Waals surface area contributed by atoms with Gasteiger partial charge in [-0.15, -0.1) is 0 Å². The Balaban J connectivity index is 2.46. The molecule has 1 aliphatic rings. The molecule has 1 saturated heterocycles. The first-order valence-electron chi connectivity index (χ1n) is 6.08. The molecule has 0 aromatic heterocycles. The van der Waals surface area contributed by atoms with Crippen molar-refractivity contribution in [3.63, 3.8) is 0 Å². The number of likely N-dealkylation sites (tertiary alicyclic amines) is 1. The molecule has 0 spiro atoms. The minimum atomic E-state index is -0.739. The molecule has 5 nitrogen and oxygen atoms in total. The number of rotatable bonds is 4. The molecule has 2 atom stereocenters. The lowest BCUT2D eigenvalue weighted by Gasteiger charge is -2.36. The lowest BCUT2D eigenvalue weighted by Crippen LogP contribution is -2.46. The summed E-state index contributed by atoms with van der Waals surface area (Å²) in [5.74, 6) is -0.893. The molecule has 1 aliphatic heterocycles. The predicted octanol–water partition coefficient (Wildman–Crippen LogP) is 0.650. The third-order valence-electron chi connectivity index (χ3n) is 3.32. The Morgan fingerprint density at radius 1 is 1.41 bits per heavy atom. The molecule has 0 aliphatic carbocycles. The maximum Gasteiger partial charge on any atom is 0.306 e. The van der Waals surface area contributed by atoms with E-state index in [2.05, 4.69) is 0 Å². The number of carbonyl (C=O) groups is 2. The van der Waals surface area contributed by atoms with Crippen molar-refractivity contribution in [1.29, 1.82) is 0 Å². The number of amides is 1. The molecule has 1 fully saturated rings. The Morgan fingerprint density at radius 2 is 2.06 bits per heavy atom. The number of piperidine rings is 1. The van der Waals surface area contributed by atoms with Crippen LogP contribution in [0.25, 0.3) is 0 Å². The summed E-state index contributed by atoms with van der Waals surface area (Å²) < 4.78 is 0. The van der Waals surface area contributed by atoms with Crippen LogP contribution < -0.4 is 0 Å². The lowest BCUT2D eigenvalue weighted by atomic mass is 9.91. The second kappa shape index (κ2) is 6.00. The molecular formula is C12H22N2O3. The molecule has 5 heteroatoms. The average Bonchev–Trinajstić information content (AvgIpc) is 2.25. The molecule has 1 rings (SSSR count). The maximum atomic E-state index is 11.9. The number of carboxylic acid groups (broad SMARTS) is 1. The van der Waals surface area contributed by atoms with Crippen molar-refractivity contribution >= 4 is 11.9 Å². The Bertz CT molecular complexity index is 291. The second-order valence-electron chi connectivity index (χ2n) is 5.05. The number of aliphatic carboxylic acids is 1. The van der Waals surface area contributed by atoms with Gasteiger partial charge in [-0.25, -0.2) is 0 Å². The fourth-order valence-corrected chi connectivity index (χ4v) is 2.23. The van der Waals surface area contributed by atoms with E-state index >= 15 is 0 Å². The van der Waals surface area contributed by atoms with E-state index in [1.807, 2.05) is 30.8 Å². The molecular weight excluding hydrogens is 220 g/mol. The van der Waals surface area contributed by atoms with Gasteiger partial charge in [-0.05, 0) is 33.9 Å².